The van der Waals surface area contributed by atoms with Gasteiger partial charge in [-0.2, -0.15) is 0 Å². The van der Waals surface area contributed by atoms with E-state index in [0.717, 1.165) is 37.4 Å². The number of hydrogen-bond donors (Lipinski definition) is 2. The summed E-state index contributed by atoms with van der Waals surface area (Å²) < 4.78 is 5.62. The molecule has 2 N–H and O–H groups in total. The maximum atomic E-state index is 12.1. The van der Waals surface area contributed by atoms with Crippen molar-refractivity contribution >= 4 is 11.6 Å². The SMILES string of the molecule is CC(C)COc1ccc(NC(=O)C2CCNCC2)cc1. The molecule has 1 amide bonds. The molecule has 1 aliphatic rings. The average molecular weight is 276 g/mol. The Balaban J connectivity index is 1.84. The van der Waals surface area contributed by atoms with Gasteiger partial charge < -0.3 is 15.4 Å². The molecule has 0 aromatic heterocycles. The third-order valence-electron chi connectivity index (χ3n) is 3.42. The summed E-state index contributed by atoms with van der Waals surface area (Å²) in [6.45, 7) is 6.81. The van der Waals surface area contributed by atoms with Crippen LogP contribution < -0.4 is 15.4 Å². The van der Waals surface area contributed by atoms with Gasteiger partial charge in [-0.1, -0.05) is 13.8 Å². The molecule has 110 valence electrons. The van der Waals surface area contributed by atoms with Crippen molar-refractivity contribution in [3.8, 4) is 5.75 Å². The first-order valence-corrected chi connectivity index (χ1v) is 7.39. The van der Waals surface area contributed by atoms with Crippen LogP contribution in [0.5, 0.6) is 5.75 Å². The topological polar surface area (TPSA) is 50.4 Å². The van der Waals surface area contributed by atoms with Crippen LogP contribution in [0.25, 0.3) is 0 Å². The lowest BCUT2D eigenvalue weighted by molar-refractivity contribution is -0.120. The fourth-order valence-corrected chi connectivity index (χ4v) is 2.23. The fraction of sp³-hybridized carbons (Fsp3) is 0.562. The molecule has 4 nitrogen and oxygen atoms in total. The first-order valence-electron chi connectivity index (χ1n) is 7.39. The Morgan fingerprint density at radius 1 is 1.30 bits per heavy atom. The van der Waals surface area contributed by atoms with Gasteiger partial charge >= 0.3 is 0 Å². The number of piperidine rings is 1. The second-order valence-electron chi connectivity index (χ2n) is 5.74. The van der Waals surface area contributed by atoms with E-state index in [1.165, 1.54) is 0 Å². The monoisotopic (exact) mass is 276 g/mol. The number of carbonyl (C=O) groups excluding carboxylic acids is 1. The number of rotatable bonds is 5. The maximum absolute atomic E-state index is 12.1. The summed E-state index contributed by atoms with van der Waals surface area (Å²) in [6, 6.07) is 7.60. The minimum atomic E-state index is 0.127. The number of carbonyl (C=O) groups is 1. The Morgan fingerprint density at radius 3 is 2.55 bits per heavy atom. The van der Waals surface area contributed by atoms with Crippen molar-refractivity contribution in [2.24, 2.45) is 11.8 Å². The van der Waals surface area contributed by atoms with Crippen molar-refractivity contribution in [2.75, 3.05) is 25.0 Å². The molecule has 1 heterocycles. The maximum Gasteiger partial charge on any atom is 0.227 e. The fourth-order valence-electron chi connectivity index (χ4n) is 2.23. The highest BCUT2D eigenvalue weighted by Crippen LogP contribution is 2.19. The number of anilines is 1. The number of amides is 1. The lowest BCUT2D eigenvalue weighted by Crippen LogP contribution is -2.34. The van der Waals surface area contributed by atoms with Gasteiger partial charge in [0.1, 0.15) is 5.75 Å². The van der Waals surface area contributed by atoms with Gasteiger partial charge in [0, 0.05) is 11.6 Å². The summed E-state index contributed by atoms with van der Waals surface area (Å²) in [7, 11) is 0. The molecule has 0 saturated carbocycles. The Kier molecular flexibility index (Phi) is 5.41. The van der Waals surface area contributed by atoms with E-state index in [9.17, 15) is 4.79 Å². The third kappa shape index (κ3) is 4.53. The average Bonchev–Trinajstić information content (AvgIpc) is 2.47. The summed E-state index contributed by atoms with van der Waals surface area (Å²) >= 11 is 0. The molecule has 1 saturated heterocycles. The molecule has 0 bridgehead atoms. The molecule has 0 atom stereocenters. The Morgan fingerprint density at radius 2 is 1.95 bits per heavy atom. The summed E-state index contributed by atoms with van der Waals surface area (Å²) in [5.41, 5.74) is 0.838. The lowest BCUT2D eigenvalue weighted by atomic mass is 9.97. The van der Waals surface area contributed by atoms with Gasteiger partial charge in [-0.05, 0) is 56.1 Å². The van der Waals surface area contributed by atoms with Crippen molar-refractivity contribution in [1.82, 2.24) is 5.32 Å². The van der Waals surface area contributed by atoms with E-state index in [1.54, 1.807) is 0 Å². The number of ether oxygens (including phenoxy) is 1. The molecule has 0 radical (unpaired) electrons. The predicted molar refractivity (Wildman–Crippen MR) is 81.0 cm³/mol. The van der Waals surface area contributed by atoms with Gasteiger partial charge in [0.05, 0.1) is 6.61 Å². The summed E-state index contributed by atoms with van der Waals surface area (Å²) in [6.07, 6.45) is 1.84. The first-order chi connectivity index (χ1) is 9.65. The second-order valence-corrected chi connectivity index (χ2v) is 5.74. The molecule has 1 aromatic carbocycles. The van der Waals surface area contributed by atoms with Gasteiger partial charge in [0.15, 0.2) is 0 Å². The Labute approximate surface area is 120 Å². The van der Waals surface area contributed by atoms with E-state index < -0.39 is 0 Å². The van der Waals surface area contributed by atoms with Crippen molar-refractivity contribution in [2.45, 2.75) is 26.7 Å². The van der Waals surface area contributed by atoms with Crippen LogP contribution in [0.3, 0.4) is 0 Å². The van der Waals surface area contributed by atoms with E-state index >= 15 is 0 Å². The van der Waals surface area contributed by atoms with Crippen molar-refractivity contribution < 1.29 is 9.53 Å². The van der Waals surface area contributed by atoms with Crippen LogP contribution in [-0.4, -0.2) is 25.6 Å². The molecule has 0 unspecified atom stereocenters. The highest BCUT2D eigenvalue weighted by atomic mass is 16.5. The van der Waals surface area contributed by atoms with Gasteiger partial charge in [-0.25, -0.2) is 0 Å². The van der Waals surface area contributed by atoms with E-state index in [1.807, 2.05) is 24.3 Å². The van der Waals surface area contributed by atoms with Crippen LogP contribution in [0.1, 0.15) is 26.7 Å². The molecule has 1 fully saturated rings. The van der Waals surface area contributed by atoms with Gasteiger partial charge in [-0.3, -0.25) is 4.79 Å². The molecular weight excluding hydrogens is 252 g/mol. The molecule has 0 aliphatic carbocycles. The van der Waals surface area contributed by atoms with Crippen LogP contribution in [0.4, 0.5) is 5.69 Å². The molecular formula is C16H24N2O2. The van der Waals surface area contributed by atoms with E-state index in [-0.39, 0.29) is 11.8 Å². The number of nitrogens with one attached hydrogen (secondary N) is 2. The zero-order valence-electron chi connectivity index (χ0n) is 12.3. The van der Waals surface area contributed by atoms with Crippen LogP contribution >= 0.6 is 0 Å². The normalized spacial score (nSPS) is 16.1. The highest BCUT2D eigenvalue weighted by molar-refractivity contribution is 5.92. The van der Waals surface area contributed by atoms with E-state index in [4.69, 9.17) is 4.74 Å². The molecule has 1 aromatic rings. The van der Waals surface area contributed by atoms with Crippen LogP contribution in [0, 0.1) is 11.8 Å². The van der Waals surface area contributed by atoms with Crippen LogP contribution in [0.2, 0.25) is 0 Å². The highest BCUT2D eigenvalue weighted by Gasteiger charge is 2.20. The van der Waals surface area contributed by atoms with Crippen molar-refractivity contribution in [3.05, 3.63) is 24.3 Å². The largest absolute Gasteiger partial charge is 0.493 e. The zero-order chi connectivity index (χ0) is 14.4. The van der Waals surface area contributed by atoms with Gasteiger partial charge in [0.2, 0.25) is 5.91 Å². The molecule has 20 heavy (non-hydrogen) atoms. The first kappa shape index (κ1) is 14.9. The van der Waals surface area contributed by atoms with Gasteiger partial charge in [0.25, 0.3) is 0 Å². The molecule has 2 rings (SSSR count). The predicted octanol–water partition coefficient (Wildman–Crippen LogP) is 2.66. The second kappa shape index (κ2) is 7.29. The minimum absolute atomic E-state index is 0.127. The summed E-state index contributed by atoms with van der Waals surface area (Å²) in [5.74, 6) is 1.61. The Hall–Kier alpha value is -1.55. The quantitative estimate of drug-likeness (QED) is 0.869. The molecule has 0 spiro atoms. The lowest BCUT2D eigenvalue weighted by Gasteiger charge is -2.21. The van der Waals surface area contributed by atoms with E-state index in [0.29, 0.717) is 12.5 Å². The summed E-state index contributed by atoms with van der Waals surface area (Å²) in [5, 5.41) is 6.25. The molecule has 4 heteroatoms. The van der Waals surface area contributed by atoms with Gasteiger partial charge in [-0.15, -0.1) is 0 Å². The Bertz CT molecular complexity index is 423. The zero-order valence-corrected chi connectivity index (χ0v) is 12.3. The standard InChI is InChI=1S/C16H24N2O2/c1-12(2)11-20-15-5-3-14(4-6-15)18-16(19)13-7-9-17-10-8-13/h3-6,12-13,17H,7-11H2,1-2H3,(H,18,19). The van der Waals surface area contributed by atoms with Crippen molar-refractivity contribution in [3.63, 3.8) is 0 Å². The van der Waals surface area contributed by atoms with Crippen LogP contribution in [0.15, 0.2) is 24.3 Å². The van der Waals surface area contributed by atoms with Crippen molar-refractivity contribution in [1.29, 1.82) is 0 Å². The summed E-state index contributed by atoms with van der Waals surface area (Å²) in [4.78, 5) is 12.1. The van der Waals surface area contributed by atoms with Crippen LogP contribution in [-0.2, 0) is 4.79 Å². The minimum Gasteiger partial charge on any atom is -0.493 e. The number of benzene rings is 1. The smallest absolute Gasteiger partial charge is 0.227 e. The number of hydrogen-bond acceptors (Lipinski definition) is 3. The third-order valence-corrected chi connectivity index (χ3v) is 3.42. The van der Waals surface area contributed by atoms with E-state index in [2.05, 4.69) is 24.5 Å². The molecule has 1 aliphatic heterocycles.